The van der Waals surface area contributed by atoms with Crippen molar-refractivity contribution in [3.8, 4) is 16.9 Å². The Morgan fingerprint density at radius 2 is 1.14 bits per heavy atom. The summed E-state index contributed by atoms with van der Waals surface area (Å²) < 4.78 is 0. The van der Waals surface area contributed by atoms with E-state index in [-0.39, 0.29) is 11.2 Å². The predicted molar refractivity (Wildman–Crippen MR) is 118 cm³/mol. The molecular weight excluding hydrogens is 361 g/mol. The van der Waals surface area contributed by atoms with E-state index in [4.69, 9.17) is 0 Å². The third kappa shape index (κ3) is 4.01. The Morgan fingerprint density at radius 1 is 0.552 bits per heavy atom. The Labute approximate surface area is 170 Å². The Hall–Kier alpha value is -3.54. The summed E-state index contributed by atoms with van der Waals surface area (Å²) in [5.41, 5.74) is 4.83. The van der Waals surface area contributed by atoms with Gasteiger partial charge in [-0.1, -0.05) is 66.7 Å². The van der Waals surface area contributed by atoms with Crippen molar-refractivity contribution in [1.29, 1.82) is 0 Å². The molecule has 0 radical (unpaired) electrons. The van der Waals surface area contributed by atoms with E-state index >= 15 is 0 Å². The van der Waals surface area contributed by atoms with Gasteiger partial charge in [0.05, 0.1) is 0 Å². The fraction of sp³-hybridized carbons (Fsp3) is 0. The van der Waals surface area contributed by atoms with Gasteiger partial charge in [-0.25, -0.2) is 0 Å². The summed E-state index contributed by atoms with van der Waals surface area (Å²) >= 11 is 0. The third-order valence-corrected chi connectivity index (χ3v) is 4.78. The summed E-state index contributed by atoms with van der Waals surface area (Å²) in [7, 11) is -1.73. The average Bonchev–Trinajstić information content (AvgIpc) is 2.75. The van der Waals surface area contributed by atoms with Gasteiger partial charge in [-0.05, 0) is 41.5 Å². The minimum absolute atomic E-state index is 0.0693. The first-order valence-electron chi connectivity index (χ1n) is 9.33. The molecule has 0 aliphatic rings. The number of anilines is 3. The Balaban J connectivity index is 1.84. The van der Waals surface area contributed by atoms with E-state index in [0.717, 1.165) is 22.5 Å². The number of para-hydroxylation sites is 1. The van der Waals surface area contributed by atoms with Crippen molar-refractivity contribution in [2.24, 2.45) is 0 Å². The van der Waals surface area contributed by atoms with Crippen molar-refractivity contribution in [3.63, 3.8) is 0 Å². The molecule has 0 saturated heterocycles. The lowest BCUT2D eigenvalue weighted by molar-refractivity contribution is 0.419. The van der Waals surface area contributed by atoms with Crippen LogP contribution in [0.5, 0.6) is 5.75 Å². The number of hydrogen-bond donors (Lipinski definition) is 3. The van der Waals surface area contributed by atoms with Crippen molar-refractivity contribution < 1.29 is 15.2 Å². The molecule has 0 aliphatic heterocycles. The van der Waals surface area contributed by atoms with Crippen LogP contribution in [0, 0.1) is 0 Å². The molecule has 0 bridgehead atoms. The standard InChI is InChI=1S/C24H20BNO3/c27-24-17-22(14-15-23(24)25(28)29)26(20-11-5-2-6-12-20)21-13-7-10-19(16-21)18-8-3-1-4-9-18/h1-17,27-29H. The zero-order valence-corrected chi connectivity index (χ0v) is 15.7. The number of phenols is 1. The van der Waals surface area contributed by atoms with Gasteiger partial charge in [0.1, 0.15) is 5.75 Å². The fourth-order valence-corrected chi connectivity index (χ4v) is 3.37. The van der Waals surface area contributed by atoms with Gasteiger partial charge in [0, 0.05) is 28.6 Å². The van der Waals surface area contributed by atoms with Crippen LogP contribution < -0.4 is 10.4 Å². The molecule has 0 heterocycles. The normalized spacial score (nSPS) is 10.6. The highest BCUT2D eigenvalue weighted by molar-refractivity contribution is 6.59. The molecule has 4 rings (SSSR count). The number of phenolic OH excluding ortho intramolecular Hbond substituents is 1. The summed E-state index contributed by atoms with van der Waals surface area (Å²) in [6, 6.07) is 32.9. The number of hydrogen-bond acceptors (Lipinski definition) is 4. The van der Waals surface area contributed by atoms with Gasteiger partial charge in [0.25, 0.3) is 0 Å². The van der Waals surface area contributed by atoms with Crippen molar-refractivity contribution in [2.45, 2.75) is 0 Å². The highest BCUT2D eigenvalue weighted by Crippen LogP contribution is 2.37. The summed E-state index contributed by atoms with van der Waals surface area (Å²) in [6.45, 7) is 0. The van der Waals surface area contributed by atoms with Gasteiger partial charge >= 0.3 is 7.12 Å². The van der Waals surface area contributed by atoms with Gasteiger partial charge in [-0.15, -0.1) is 0 Å². The van der Waals surface area contributed by atoms with Crippen LogP contribution in [-0.4, -0.2) is 22.3 Å². The Morgan fingerprint density at radius 3 is 1.79 bits per heavy atom. The highest BCUT2D eigenvalue weighted by Gasteiger charge is 2.19. The molecule has 0 aliphatic carbocycles. The molecule has 0 fully saturated rings. The number of aromatic hydroxyl groups is 1. The van der Waals surface area contributed by atoms with Crippen molar-refractivity contribution in [3.05, 3.63) is 103 Å². The molecule has 0 unspecified atom stereocenters. The van der Waals surface area contributed by atoms with E-state index < -0.39 is 7.12 Å². The molecule has 0 amide bonds. The maximum atomic E-state index is 10.3. The van der Waals surface area contributed by atoms with Gasteiger partial charge in [-0.3, -0.25) is 0 Å². The zero-order valence-electron chi connectivity index (χ0n) is 15.7. The second kappa shape index (κ2) is 8.23. The number of nitrogens with zero attached hydrogens (tertiary/aromatic N) is 1. The monoisotopic (exact) mass is 381 g/mol. The molecule has 4 aromatic rings. The lowest BCUT2D eigenvalue weighted by atomic mass is 9.79. The topological polar surface area (TPSA) is 63.9 Å². The third-order valence-electron chi connectivity index (χ3n) is 4.78. The average molecular weight is 381 g/mol. The maximum Gasteiger partial charge on any atom is 0.492 e. The second-order valence-corrected chi connectivity index (χ2v) is 6.70. The lowest BCUT2D eigenvalue weighted by Gasteiger charge is -2.26. The quantitative estimate of drug-likeness (QED) is 0.453. The van der Waals surface area contributed by atoms with E-state index in [9.17, 15) is 15.2 Å². The molecule has 29 heavy (non-hydrogen) atoms. The van der Waals surface area contributed by atoms with Crippen LogP contribution in [0.2, 0.25) is 0 Å². The summed E-state index contributed by atoms with van der Waals surface area (Å²) in [4.78, 5) is 2.01. The van der Waals surface area contributed by atoms with Crippen LogP contribution in [0.25, 0.3) is 11.1 Å². The first-order chi connectivity index (χ1) is 14.1. The molecule has 0 spiro atoms. The van der Waals surface area contributed by atoms with Gasteiger partial charge < -0.3 is 20.1 Å². The first-order valence-corrected chi connectivity index (χ1v) is 9.33. The molecule has 5 heteroatoms. The largest absolute Gasteiger partial charge is 0.508 e. The number of rotatable bonds is 5. The van der Waals surface area contributed by atoms with E-state index in [1.165, 1.54) is 12.1 Å². The molecule has 4 nitrogen and oxygen atoms in total. The van der Waals surface area contributed by atoms with Crippen LogP contribution in [0.1, 0.15) is 0 Å². The molecule has 0 aromatic heterocycles. The van der Waals surface area contributed by atoms with E-state index in [1.807, 2.05) is 65.6 Å². The smallest absolute Gasteiger partial charge is 0.492 e. The maximum absolute atomic E-state index is 10.3. The molecule has 4 aromatic carbocycles. The van der Waals surface area contributed by atoms with E-state index in [0.29, 0.717) is 5.69 Å². The molecule has 0 atom stereocenters. The van der Waals surface area contributed by atoms with Crippen LogP contribution in [0.15, 0.2) is 103 Å². The van der Waals surface area contributed by atoms with Crippen LogP contribution >= 0.6 is 0 Å². The Kier molecular flexibility index (Phi) is 5.34. The van der Waals surface area contributed by atoms with Gasteiger partial charge in [0.15, 0.2) is 0 Å². The van der Waals surface area contributed by atoms with E-state index in [1.54, 1.807) is 6.07 Å². The van der Waals surface area contributed by atoms with E-state index in [2.05, 4.69) is 24.3 Å². The highest BCUT2D eigenvalue weighted by atomic mass is 16.4. The minimum Gasteiger partial charge on any atom is -0.508 e. The molecular formula is C24H20BNO3. The molecule has 0 saturated carbocycles. The van der Waals surface area contributed by atoms with Crippen molar-refractivity contribution in [2.75, 3.05) is 4.90 Å². The molecule has 142 valence electrons. The summed E-state index contributed by atoms with van der Waals surface area (Å²) in [5.74, 6) is -0.169. The first kappa shape index (κ1) is 18.8. The molecule has 3 N–H and O–H groups in total. The predicted octanol–water partition coefficient (Wildman–Crippen LogP) is 4.21. The van der Waals surface area contributed by atoms with Gasteiger partial charge in [0.2, 0.25) is 0 Å². The SMILES string of the molecule is OB(O)c1ccc(N(c2ccccc2)c2cccc(-c3ccccc3)c2)cc1O. The van der Waals surface area contributed by atoms with Crippen LogP contribution in [0.3, 0.4) is 0 Å². The van der Waals surface area contributed by atoms with Crippen molar-refractivity contribution in [1.82, 2.24) is 0 Å². The van der Waals surface area contributed by atoms with Gasteiger partial charge in [-0.2, -0.15) is 0 Å². The number of benzene rings is 4. The van der Waals surface area contributed by atoms with Crippen molar-refractivity contribution >= 4 is 29.6 Å². The summed E-state index contributed by atoms with van der Waals surface area (Å²) in [5, 5.41) is 29.1. The van der Waals surface area contributed by atoms with Crippen LogP contribution in [-0.2, 0) is 0 Å². The second-order valence-electron chi connectivity index (χ2n) is 6.70. The van der Waals surface area contributed by atoms with Crippen LogP contribution in [0.4, 0.5) is 17.1 Å². The minimum atomic E-state index is -1.73. The summed E-state index contributed by atoms with van der Waals surface area (Å²) in [6.07, 6.45) is 0. The lowest BCUT2D eigenvalue weighted by Crippen LogP contribution is -2.30. The fourth-order valence-electron chi connectivity index (χ4n) is 3.37. The Bertz CT molecular complexity index is 1100. The zero-order chi connectivity index (χ0) is 20.2.